The van der Waals surface area contributed by atoms with Crippen LogP contribution in [0.3, 0.4) is 0 Å². The van der Waals surface area contributed by atoms with Gasteiger partial charge in [-0.05, 0) is 26.0 Å². The minimum Gasteiger partial charge on any atom is -0.292 e. The molecule has 1 aromatic carbocycles. The summed E-state index contributed by atoms with van der Waals surface area (Å²) < 4.78 is 1.98. The highest BCUT2D eigenvalue weighted by molar-refractivity contribution is 7.09. The molecule has 106 valence electrons. The number of amides is 1. The Bertz CT molecular complexity index is 685. The lowest BCUT2D eigenvalue weighted by atomic mass is 9.96. The lowest BCUT2D eigenvalue weighted by Crippen LogP contribution is -2.22. The number of rotatable bonds is 1. The maximum atomic E-state index is 12.1. The van der Waals surface area contributed by atoms with E-state index in [9.17, 15) is 4.79 Å². The van der Waals surface area contributed by atoms with Gasteiger partial charge >= 0.3 is 0 Å². The molecule has 1 amide bonds. The van der Waals surface area contributed by atoms with E-state index in [1.807, 2.05) is 50.6 Å². The van der Waals surface area contributed by atoms with Crippen LogP contribution in [0.4, 0.5) is 0 Å². The molecule has 3 nitrogen and oxygen atoms in total. The zero-order valence-electron chi connectivity index (χ0n) is 12.6. The Labute approximate surface area is 123 Å². The van der Waals surface area contributed by atoms with Crippen LogP contribution in [-0.4, -0.2) is 10.5 Å². The fraction of sp³-hybridized carbons (Fsp3) is 0.375. The normalized spacial score (nSPS) is 12.8. The monoisotopic (exact) mass is 288 g/mol. The van der Waals surface area contributed by atoms with Crippen LogP contribution in [0.1, 0.15) is 31.2 Å². The van der Waals surface area contributed by atoms with Gasteiger partial charge in [-0.25, -0.2) is 0 Å². The number of carbonyl (C=O) groups excluding carboxylic acids is 1. The van der Waals surface area contributed by atoms with Gasteiger partial charge in [-0.1, -0.05) is 38.5 Å². The Hall–Kier alpha value is -1.68. The highest BCUT2D eigenvalue weighted by atomic mass is 32.1. The molecule has 0 spiro atoms. The van der Waals surface area contributed by atoms with Gasteiger partial charge in [-0.2, -0.15) is 4.99 Å². The number of benzene rings is 1. The van der Waals surface area contributed by atoms with E-state index in [2.05, 4.69) is 24.0 Å². The molecule has 0 saturated heterocycles. The molecule has 4 heteroatoms. The standard InChI is InChI=1S/C16H20N2OS/c1-11-6-8-13(9-7-11)18-10-12(2)20-15(18)17-14(19)16(3,4)5/h6-10H,1-5H3. The first-order chi connectivity index (χ1) is 9.27. The van der Waals surface area contributed by atoms with Crippen LogP contribution in [0.15, 0.2) is 35.5 Å². The number of thiazole rings is 1. The topological polar surface area (TPSA) is 34.4 Å². The summed E-state index contributed by atoms with van der Waals surface area (Å²) in [6.07, 6.45) is 2.02. The van der Waals surface area contributed by atoms with Crippen LogP contribution < -0.4 is 4.80 Å². The van der Waals surface area contributed by atoms with Gasteiger partial charge in [0.15, 0.2) is 4.80 Å². The number of aryl methyl sites for hydroxylation is 2. The summed E-state index contributed by atoms with van der Waals surface area (Å²) in [5, 5.41) is 0. The molecule has 0 aliphatic heterocycles. The van der Waals surface area contributed by atoms with Gasteiger partial charge in [0.1, 0.15) is 0 Å². The van der Waals surface area contributed by atoms with E-state index in [-0.39, 0.29) is 5.91 Å². The SMILES string of the molecule is Cc1ccc(-n2cc(C)sc2=NC(=O)C(C)(C)C)cc1. The van der Waals surface area contributed by atoms with Crippen LogP contribution in [0.25, 0.3) is 5.69 Å². The summed E-state index contributed by atoms with van der Waals surface area (Å²) in [4.78, 5) is 18.3. The van der Waals surface area contributed by atoms with Crippen molar-refractivity contribution in [3.63, 3.8) is 0 Å². The van der Waals surface area contributed by atoms with Gasteiger partial charge in [0.25, 0.3) is 5.91 Å². The van der Waals surface area contributed by atoms with Gasteiger partial charge in [0.05, 0.1) is 0 Å². The first kappa shape index (κ1) is 14.7. The van der Waals surface area contributed by atoms with E-state index >= 15 is 0 Å². The summed E-state index contributed by atoms with van der Waals surface area (Å²) in [6.45, 7) is 9.73. The van der Waals surface area contributed by atoms with Crippen molar-refractivity contribution < 1.29 is 4.79 Å². The smallest absolute Gasteiger partial charge is 0.253 e. The maximum absolute atomic E-state index is 12.1. The molecular formula is C16H20N2OS. The van der Waals surface area contributed by atoms with Crippen LogP contribution in [0, 0.1) is 19.3 Å². The Morgan fingerprint density at radius 3 is 2.30 bits per heavy atom. The van der Waals surface area contributed by atoms with Crippen molar-refractivity contribution in [2.45, 2.75) is 34.6 Å². The maximum Gasteiger partial charge on any atom is 0.253 e. The minimum absolute atomic E-state index is 0.0970. The fourth-order valence-electron chi connectivity index (χ4n) is 1.68. The summed E-state index contributed by atoms with van der Waals surface area (Å²) in [6, 6.07) is 8.21. The third-order valence-corrected chi connectivity index (χ3v) is 3.82. The highest BCUT2D eigenvalue weighted by Crippen LogP contribution is 2.16. The molecule has 20 heavy (non-hydrogen) atoms. The first-order valence-electron chi connectivity index (χ1n) is 6.63. The fourth-order valence-corrected chi connectivity index (χ4v) is 2.51. The molecule has 0 fully saturated rings. The summed E-state index contributed by atoms with van der Waals surface area (Å²) >= 11 is 1.53. The van der Waals surface area contributed by atoms with Crippen LogP contribution in [-0.2, 0) is 4.79 Å². The first-order valence-corrected chi connectivity index (χ1v) is 7.44. The average Bonchev–Trinajstić information content (AvgIpc) is 2.70. The molecule has 0 N–H and O–H groups in total. The molecule has 0 bridgehead atoms. The van der Waals surface area contributed by atoms with Crippen LogP contribution in [0.2, 0.25) is 0 Å². The molecule has 0 atom stereocenters. The van der Waals surface area contributed by atoms with Gasteiger partial charge in [-0.15, -0.1) is 11.3 Å². The largest absolute Gasteiger partial charge is 0.292 e. The number of nitrogens with zero attached hydrogens (tertiary/aromatic N) is 2. The van der Waals surface area contributed by atoms with Crippen molar-refractivity contribution in [2.75, 3.05) is 0 Å². The molecule has 0 saturated carbocycles. The van der Waals surface area contributed by atoms with Crippen molar-refractivity contribution >= 4 is 17.2 Å². The molecule has 0 unspecified atom stereocenters. The predicted octanol–water partition coefficient (Wildman–Crippen LogP) is 3.63. The average molecular weight is 288 g/mol. The number of carbonyl (C=O) groups is 1. The second kappa shape index (κ2) is 5.37. The second-order valence-corrected chi connectivity index (χ2v) is 7.21. The van der Waals surface area contributed by atoms with E-state index < -0.39 is 5.41 Å². The van der Waals surface area contributed by atoms with Crippen molar-refractivity contribution in [3.8, 4) is 5.69 Å². The Morgan fingerprint density at radius 2 is 1.75 bits per heavy atom. The quantitative estimate of drug-likeness (QED) is 0.789. The van der Waals surface area contributed by atoms with Crippen molar-refractivity contribution in [1.29, 1.82) is 0 Å². The highest BCUT2D eigenvalue weighted by Gasteiger charge is 2.20. The molecular weight excluding hydrogens is 268 g/mol. The Kier molecular flexibility index (Phi) is 3.95. The van der Waals surface area contributed by atoms with Crippen LogP contribution in [0.5, 0.6) is 0 Å². The van der Waals surface area contributed by atoms with E-state index in [0.717, 1.165) is 15.4 Å². The predicted molar refractivity (Wildman–Crippen MR) is 83.1 cm³/mol. The molecule has 1 heterocycles. The number of hydrogen-bond donors (Lipinski definition) is 0. The third kappa shape index (κ3) is 3.25. The summed E-state index contributed by atoms with van der Waals surface area (Å²) in [5.74, 6) is -0.0970. The lowest BCUT2D eigenvalue weighted by molar-refractivity contribution is -0.125. The van der Waals surface area contributed by atoms with Gasteiger partial charge in [0, 0.05) is 22.2 Å². The number of aromatic nitrogens is 1. The molecule has 0 aliphatic rings. The van der Waals surface area contributed by atoms with Gasteiger partial charge < -0.3 is 0 Å². The zero-order valence-corrected chi connectivity index (χ0v) is 13.4. The summed E-state index contributed by atoms with van der Waals surface area (Å²) in [5.41, 5.74) is 1.79. The van der Waals surface area contributed by atoms with Gasteiger partial charge in [0.2, 0.25) is 0 Å². The van der Waals surface area contributed by atoms with Crippen molar-refractivity contribution in [3.05, 3.63) is 45.7 Å². The minimum atomic E-state index is -0.455. The van der Waals surface area contributed by atoms with Crippen molar-refractivity contribution in [1.82, 2.24) is 4.57 Å². The van der Waals surface area contributed by atoms with Crippen LogP contribution >= 0.6 is 11.3 Å². The third-order valence-electron chi connectivity index (χ3n) is 2.92. The van der Waals surface area contributed by atoms with E-state index in [1.165, 1.54) is 16.9 Å². The van der Waals surface area contributed by atoms with Gasteiger partial charge in [-0.3, -0.25) is 9.36 Å². The molecule has 1 aromatic heterocycles. The van der Waals surface area contributed by atoms with E-state index in [0.29, 0.717) is 0 Å². The van der Waals surface area contributed by atoms with E-state index in [1.54, 1.807) is 0 Å². The second-order valence-electron chi connectivity index (χ2n) is 6.00. The van der Waals surface area contributed by atoms with E-state index in [4.69, 9.17) is 0 Å². The lowest BCUT2D eigenvalue weighted by Gasteiger charge is -2.11. The molecule has 0 radical (unpaired) electrons. The summed E-state index contributed by atoms with van der Waals surface area (Å²) in [7, 11) is 0. The zero-order chi connectivity index (χ0) is 14.9. The Morgan fingerprint density at radius 1 is 1.15 bits per heavy atom. The molecule has 2 aromatic rings. The molecule has 0 aliphatic carbocycles. The van der Waals surface area contributed by atoms with Crippen molar-refractivity contribution in [2.24, 2.45) is 10.4 Å². The number of hydrogen-bond acceptors (Lipinski definition) is 2. The Balaban J connectivity index is 2.54. The molecule has 2 rings (SSSR count).